The fourth-order valence-electron chi connectivity index (χ4n) is 3.65. The lowest BCUT2D eigenvalue weighted by Crippen LogP contribution is -2.47. The molecule has 4 nitrogen and oxygen atoms in total. The Morgan fingerprint density at radius 1 is 0.968 bits per heavy atom. The number of nitrogens with zero attached hydrogens (tertiary/aromatic N) is 1. The van der Waals surface area contributed by atoms with Crippen LogP contribution in [0.3, 0.4) is 0 Å². The van der Waals surface area contributed by atoms with Crippen LogP contribution in [-0.2, 0) is 22.6 Å². The molecule has 0 saturated carbocycles. The van der Waals surface area contributed by atoms with Gasteiger partial charge in [-0.25, -0.2) is 0 Å². The molecule has 0 aromatic heterocycles. The Morgan fingerprint density at radius 2 is 1.61 bits per heavy atom. The Morgan fingerprint density at radius 3 is 2.32 bits per heavy atom. The van der Waals surface area contributed by atoms with Gasteiger partial charge < -0.3 is 10.2 Å². The molecule has 0 unspecified atom stereocenters. The second kappa shape index (κ2) is 10.7. The van der Waals surface area contributed by atoms with Crippen LogP contribution in [0, 0.1) is 0 Å². The molecule has 6 heteroatoms. The minimum Gasteiger partial charge on any atom is -0.355 e. The number of likely N-dealkylation sites (N-methyl/N-ethyl adjacent to an activating group) is 1. The zero-order valence-corrected chi connectivity index (χ0v) is 19.2. The van der Waals surface area contributed by atoms with Crippen molar-refractivity contribution in [2.75, 3.05) is 6.54 Å². The first kappa shape index (κ1) is 23.1. The van der Waals surface area contributed by atoms with Gasteiger partial charge in [-0.05, 0) is 48.7 Å². The average Bonchev–Trinajstić information content (AvgIpc) is 2.77. The van der Waals surface area contributed by atoms with Gasteiger partial charge >= 0.3 is 0 Å². The van der Waals surface area contributed by atoms with Gasteiger partial charge in [-0.15, -0.1) is 0 Å². The van der Waals surface area contributed by atoms with Gasteiger partial charge in [0, 0.05) is 35.1 Å². The molecule has 0 radical (unpaired) electrons. The lowest BCUT2D eigenvalue weighted by Gasteiger charge is -2.29. The Balaban J connectivity index is 1.83. The first-order valence-electron chi connectivity index (χ1n) is 10.4. The van der Waals surface area contributed by atoms with E-state index in [0.29, 0.717) is 28.6 Å². The van der Waals surface area contributed by atoms with Crippen molar-refractivity contribution in [2.45, 2.75) is 39.3 Å². The summed E-state index contributed by atoms with van der Waals surface area (Å²) in [4.78, 5) is 27.4. The van der Waals surface area contributed by atoms with E-state index in [9.17, 15) is 9.59 Å². The Labute approximate surface area is 193 Å². The van der Waals surface area contributed by atoms with Crippen molar-refractivity contribution in [1.82, 2.24) is 10.2 Å². The Bertz CT molecular complexity index is 1060. The molecule has 0 aliphatic carbocycles. The third-order valence-corrected chi connectivity index (χ3v) is 6.10. The lowest BCUT2D eigenvalue weighted by molar-refractivity contribution is -0.140. The number of carbonyl (C=O) groups excluding carboxylic acids is 2. The fourth-order valence-corrected chi connectivity index (χ4v) is 4.17. The first-order valence-corrected chi connectivity index (χ1v) is 11.1. The van der Waals surface area contributed by atoms with E-state index in [2.05, 4.69) is 23.5 Å². The molecule has 162 valence electrons. The fraction of sp³-hybridized carbons (Fsp3) is 0.280. The Kier molecular flexibility index (Phi) is 7.94. The topological polar surface area (TPSA) is 49.4 Å². The molecule has 3 aromatic carbocycles. The second-order valence-corrected chi connectivity index (χ2v) is 8.25. The van der Waals surface area contributed by atoms with Crippen molar-refractivity contribution in [1.29, 1.82) is 0 Å². The molecule has 0 spiro atoms. The summed E-state index contributed by atoms with van der Waals surface area (Å²) in [5, 5.41) is 6.02. The number of rotatable bonds is 8. The van der Waals surface area contributed by atoms with E-state index < -0.39 is 6.04 Å². The van der Waals surface area contributed by atoms with Crippen LogP contribution in [0.2, 0.25) is 10.0 Å². The number of nitrogens with one attached hydrogen (secondary N) is 1. The smallest absolute Gasteiger partial charge is 0.242 e. The van der Waals surface area contributed by atoms with Gasteiger partial charge in [-0.3, -0.25) is 9.59 Å². The van der Waals surface area contributed by atoms with Crippen LogP contribution in [0.4, 0.5) is 0 Å². The van der Waals surface area contributed by atoms with Gasteiger partial charge in [0.15, 0.2) is 0 Å². The summed E-state index contributed by atoms with van der Waals surface area (Å²) in [6, 6.07) is 18.8. The maximum atomic E-state index is 13.3. The molecule has 0 aliphatic rings. The minimum absolute atomic E-state index is 0.123. The molecule has 0 bridgehead atoms. The molecule has 0 aliphatic heterocycles. The summed E-state index contributed by atoms with van der Waals surface area (Å²) in [6.45, 7) is 4.24. The van der Waals surface area contributed by atoms with E-state index in [1.54, 1.807) is 30.0 Å². The maximum absolute atomic E-state index is 13.3. The first-order chi connectivity index (χ1) is 14.9. The molecule has 31 heavy (non-hydrogen) atoms. The lowest BCUT2D eigenvalue weighted by atomic mass is 10.0. The van der Waals surface area contributed by atoms with Gasteiger partial charge in [0.05, 0.1) is 0 Å². The summed E-state index contributed by atoms with van der Waals surface area (Å²) in [6.07, 6.45) is 0.856. The van der Waals surface area contributed by atoms with E-state index in [-0.39, 0.29) is 24.8 Å². The zero-order valence-electron chi connectivity index (χ0n) is 17.7. The number of hydrogen-bond donors (Lipinski definition) is 1. The molecule has 3 aromatic rings. The van der Waals surface area contributed by atoms with E-state index in [1.165, 1.54) is 0 Å². The monoisotopic (exact) mass is 456 g/mol. The molecule has 0 fully saturated rings. The van der Waals surface area contributed by atoms with Crippen LogP contribution in [0.15, 0.2) is 60.7 Å². The average molecular weight is 457 g/mol. The van der Waals surface area contributed by atoms with Gasteiger partial charge in [-0.2, -0.15) is 0 Å². The molecular formula is C25H26Cl2N2O2. The highest BCUT2D eigenvalue weighted by Crippen LogP contribution is 2.27. The summed E-state index contributed by atoms with van der Waals surface area (Å²) >= 11 is 12.7. The van der Waals surface area contributed by atoms with Crippen molar-refractivity contribution < 1.29 is 9.59 Å². The molecule has 1 N–H and O–H groups in total. The van der Waals surface area contributed by atoms with Crippen molar-refractivity contribution in [3.8, 4) is 0 Å². The summed E-state index contributed by atoms with van der Waals surface area (Å²) < 4.78 is 0. The van der Waals surface area contributed by atoms with Crippen molar-refractivity contribution in [2.24, 2.45) is 0 Å². The van der Waals surface area contributed by atoms with Crippen LogP contribution < -0.4 is 5.32 Å². The highest BCUT2D eigenvalue weighted by Gasteiger charge is 2.27. The van der Waals surface area contributed by atoms with Crippen LogP contribution in [0.1, 0.15) is 31.4 Å². The largest absolute Gasteiger partial charge is 0.355 e. The number of carbonyl (C=O) groups is 2. The van der Waals surface area contributed by atoms with Crippen molar-refractivity contribution in [3.05, 3.63) is 81.8 Å². The predicted molar refractivity (Wildman–Crippen MR) is 127 cm³/mol. The molecule has 3 rings (SSSR count). The highest BCUT2D eigenvalue weighted by atomic mass is 35.5. The molecule has 0 saturated heterocycles. The number of benzene rings is 3. The van der Waals surface area contributed by atoms with Gasteiger partial charge in [-0.1, -0.05) is 71.7 Å². The zero-order chi connectivity index (χ0) is 22.4. The predicted octanol–water partition coefficient (Wildman–Crippen LogP) is 5.63. The van der Waals surface area contributed by atoms with E-state index >= 15 is 0 Å². The normalized spacial score (nSPS) is 11.9. The molecular weight excluding hydrogens is 431 g/mol. The van der Waals surface area contributed by atoms with E-state index in [0.717, 1.165) is 16.3 Å². The highest BCUT2D eigenvalue weighted by molar-refractivity contribution is 6.36. The Hall–Kier alpha value is -2.56. The van der Waals surface area contributed by atoms with Gasteiger partial charge in [0.2, 0.25) is 11.8 Å². The minimum atomic E-state index is -0.646. The molecule has 2 amide bonds. The summed E-state index contributed by atoms with van der Waals surface area (Å²) in [5.41, 5.74) is 1.74. The number of aryl methyl sites for hydroxylation is 1. The number of fused-ring (bicyclic) bond motifs is 1. The van der Waals surface area contributed by atoms with Crippen molar-refractivity contribution in [3.63, 3.8) is 0 Å². The van der Waals surface area contributed by atoms with E-state index in [1.807, 2.05) is 31.2 Å². The molecule has 1 atom stereocenters. The maximum Gasteiger partial charge on any atom is 0.242 e. The second-order valence-electron chi connectivity index (χ2n) is 7.43. The van der Waals surface area contributed by atoms with Crippen LogP contribution in [0.25, 0.3) is 10.8 Å². The number of halogens is 2. The quantitative estimate of drug-likeness (QED) is 0.477. The van der Waals surface area contributed by atoms with Crippen LogP contribution in [0.5, 0.6) is 0 Å². The van der Waals surface area contributed by atoms with Crippen LogP contribution >= 0.6 is 23.2 Å². The number of hydrogen-bond acceptors (Lipinski definition) is 2. The van der Waals surface area contributed by atoms with Gasteiger partial charge in [0.25, 0.3) is 0 Å². The number of amides is 2. The summed E-state index contributed by atoms with van der Waals surface area (Å²) in [5.74, 6) is -0.327. The SMILES string of the molecule is CCNC(=O)[C@@H](C)N(Cc1c(Cl)cccc1Cl)C(=O)CCc1cccc2ccccc12. The molecule has 0 heterocycles. The summed E-state index contributed by atoms with van der Waals surface area (Å²) in [7, 11) is 0. The third kappa shape index (κ3) is 5.57. The third-order valence-electron chi connectivity index (χ3n) is 5.40. The van der Waals surface area contributed by atoms with Crippen LogP contribution in [-0.4, -0.2) is 29.3 Å². The standard InChI is InChI=1S/C25H26Cl2N2O2/c1-3-28-25(31)17(2)29(16-21-22(26)12-7-13-23(21)27)24(30)15-14-19-10-6-9-18-8-4-5-11-20(18)19/h4-13,17H,3,14-16H2,1-2H3,(H,28,31)/t17-/m1/s1. The van der Waals surface area contributed by atoms with E-state index in [4.69, 9.17) is 23.2 Å². The van der Waals surface area contributed by atoms with Gasteiger partial charge in [0.1, 0.15) is 6.04 Å². The van der Waals surface area contributed by atoms with Crippen molar-refractivity contribution >= 4 is 45.8 Å².